The second-order valence-corrected chi connectivity index (χ2v) is 5.28. The van der Waals surface area contributed by atoms with Gasteiger partial charge in [0, 0.05) is 18.8 Å². The lowest BCUT2D eigenvalue weighted by molar-refractivity contribution is 0.0767. The standard InChI is InChI=1S/C18H23N3O/c1-5-21(6-2)18(22)17-11-10-15(12-19-17)20-16-9-7-8-13(3)14(16)4/h7-12,20H,5-6H2,1-4H3. The molecule has 0 saturated heterocycles. The number of rotatable bonds is 5. The van der Waals surface area contributed by atoms with E-state index in [1.54, 1.807) is 17.2 Å². The van der Waals surface area contributed by atoms with Crippen molar-refractivity contribution in [3.8, 4) is 0 Å². The highest BCUT2D eigenvalue weighted by molar-refractivity contribution is 5.92. The summed E-state index contributed by atoms with van der Waals surface area (Å²) in [4.78, 5) is 18.3. The summed E-state index contributed by atoms with van der Waals surface area (Å²) in [5.74, 6) is -0.0247. The van der Waals surface area contributed by atoms with E-state index in [0.29, 0.717) is 18.8 Å². The maximum Gasteiger partial charge on any atom is 0.272 e. The molecule has 2 rings (SSSR count). The maximum atomic E-state index is 12.2. The summed E-state index contributed by atoms with van der Waals surface area (Å²) in [6.45, 7) is 9.50. The fraction of sp³-hybridized carbons (Fsp3) is 0.333. The molecule has 22 heavy (non-hydrogen) atoms. The minimum Gasteiger partial charge on any atom is -0.354 e. The third kappa shape index (κ3) is 3.45. The van der Waals surface area contributed by atoms with Gasteiger partial charge >= 0.3 is 0 Å². The van der Waals surface area contributed by atoms with Crippen LogP contribution in [0.1, 0.15) is 35.5 Å². The van der Waals surface area contributed by atoms with Crippen molar-refractivity contribution in [2.45, 2.75) is 27.7 Å². The van der Waals surface area contributed by atoms with Crippen molar-refractivity contribution in [3.05, 3.63) is 53.3 Å². The number of carbonyl (C=O) groups excluding carboxylic acids is 1. The van der Waals surface area contributed by atoms with E-state index >= 15 is 0 Å². The average molecular weight is 297 g/mol. The lowest BCUT2D eigenvalue weighted by Gasteiger charge is -2.18. The van der Waals surface area contributed by atoms with Crippen LogP contribution in [0.25, 0.3) is 0 Å². The zero-order chi connectivity index (χ0) is 16.1. The lowest BCUT2D eigenvalue weighted by atomic mass is 10.1. The van der Waals surface area contributed by atoms with Crippen molar-refractivity contribution in [1.82, 2.24) is 9.88 Å². The number of anilines is 2. The Kier molecular flexibility index (Phi) is 5.15. The Labute approximate surface area is 132 Å². The molecule has 0 aliphatic heterocycles. The SMILES string of the molecule is CCN(CC)C(=O)c1ccc(Nc2cccc(C)c2C)cn1. The first kappa shape index (κ1) is 16.0. The molecule has 1 heterocycles. The summed E-state index contributed by atoms with van der Waals surface area (Å²) in [5, 5.41) is 3.35. The molecule has 4 nitrogen and oxygen atoms in total. The van der Waals surface area contributed by atoms with Gasteiger partial charge in [0.2, 0.25) is 0 Å². The molecule has 0 atom stereocenters. The molecule has 1 aromatic heterocycles. The van der Waals surface area contributed by atoms with Crippen LogP contribution >= 0.6 is 0 Å². The quantitative estimate of drug-likeness (QED) is 0.909. The van der Waals surface area contributed by atoms with Crippen molar-refractivity contribution < 1.29 is 4.79 Å². The van der Waals surface area contributed by atoms with Gasteiger partial charge in [0.15, 0.2) is 0 Å². The number of nitrogens with zero attached hydrogens (tertiary/aromatic N) is 2. The number of hydrogen-bond donors (Lipinski definition) is 1. The molecule has 1 amide bonds. The van der Waals surface area contributed by atoms with Gasteiger partial charge in [0.1, 0.15) is 5.69 Å². The van der Waals surface area contributed by atoms with Gasteiger partial charge in [0.05, 0.1) is 11.9 Å². The molecular weight excluding hydrogens is 274 g/mol. The number of aromatic nitrogens is 1. The molecule has 0 bridgehead atoms. The molecule has 0 aliphatic rings. The summed E-state index contributed by atoms with van der Waals surface area (Å²) in [6.07, 6.45) is 1.71. The van der Waals surface area contributed by atoms with Gasteiger partial charge in [-0.2, -0.15) is 0 Å². The first-order valence-corrected chi connectivity index (χ1v) is 7.65. The molecule has 0 radical (unpaired) electrons. The summed E-state index contributed by atoms with van der Waals surface area (Å²) in [7, 11) is 0. The molecule has 0 fully saturated rings. The van der Waals surface area contributed by atoms with Gasteiger partial charge in [-0.15, -0.1) is 0 Å². The summed E-state index contributed by atoms with van der Waals surface area (Å²) < 4.78 is 0. The van der Waals surface area contributed by atoms with Gasteiger partial charge in [-0.05, 0) is 57.0 Å². The molecule has 1 N–H and O–H groups in total. The van der Waals surface area contributed by atoms with Crippen LogP contribution < -0.4 is 5.32 Å². The number of amides is 1. The van der Waals surface area contributed by atoms with Crippen LogP contribution in [-0.2, 0) is 0 Å². The Morgan fingerprint density at radius 3 is 2.45 bits per heavy atom. The molecule has 0 aliphatic carbocycles. The Morgan fingerprint density at radius 2 is 1.86 bits per heavy atom. The number of hydrogen-bond acceptors (Lipinski definition) is 3. The van der Waals surface area contributed by atoms with Crippen LogP contribution in [0.15, 0.2) is 36.5 Å². The zero-order valence-corrected chi connectivity index (χ0v) is 13.7. The van der Waals surface area contributed by atoms with Gasteiger partial charge in [-0.25, -0.2) is 4.98 Å². The number of benzene rings is 1. The fourth-order valence-electron chi connectivity index (χ4n) is 2.31. The van der Waals surface area contributed by atoms with Crippen LogP contribution in [0.2, 0.25) is 0 Å². The highest BCUT2D eigenvalue weighted by Gasteiger charge is 2.13. The normalized spacial score (nSPS) is 10.4. The van der Waals surface area contributed by atoms with E-state index in [-0.39, 0.29) is 5.91 Å². The van der Waals surface area contributed by atoms with E-state index in [4.69, 9.17) is 0 Å². The topological polar surface area (TPSA) is 45.2 Å². The molecule has 0 saturated carbocycles. The first-order valence-electron chi connectivity index (χ1n) is 7.65. The monoisotopic (exact) mass is 297 g/mol. The number of nitrogens with one attached hydrogen (secondary N) is 1. The van der Waals surface area contributed by atoms with E-state index in [1.165, 1.54) is 11.1 Å². The lowest BCUT2D eigenvalue weighted by Crippen LogP contribution is -2.31. The zero-order valence-electron chi connectivity index (χ0n) is 13.7. The fourth-order valence-corrected chi connectivity index (χ4v) is 2.31. The van der Waals surface area contributed by atoms with E-state index < -0.39 is 0 Å². The number of carbonyl (C=O) groups is 1. The predicted octanol–water partition coefficient (Wildman–Crippen LogP) is 3.92. The molecular formula is C18H23N3O. The van der Waals surface area contributed by atoms with E-state index in [0.717, 1.165) is 11.4 Å². The van der Waals surface area contributed by atoms with Crippen LogP contribution in [0, 0.1) is 13.8 Å². The maximum absolute atomic E-state index is 12.2. The van der Waals surface area contributed by atoms with Crippen molar-refractivity contribution in [1.29, 1.82) is 0 Å². The Bertz CT molecular complexity index is 646. The van der Waals surface area contributed by atoms with Gasteiger partial charge in [-0.1, -0.05) is 12.1 Å². The minimum absolute atomic E-state index is 0.0247. The molecule has 1 aromatic carbocycles. The number of pyridine rings is 1. The Balaban J connectivity index is 2.15. The van der Waals surface area contributed by atoms with Crippen LogP contribution in [0.3, 0.4) is 0 Å². The third-order valence-electron chi connectivity index (χ3n) is 3.92. The van der Waals surface area contributed by atoms with E-state index in [2.05, 4.69) is 30.2 Å². The van der Waals surface area contributed by atoms with Crippen LogP contribution in [-0.4, -0.2) is 28.9 Å². The molecule has 2 aromatic rings. The average Bonchev–Trinajstić information content (AvgIpc) is 2.53. The Morgan fingerprint density at radius 1 is 1.14 bits per heavy atom. The van der Waals surface area contributed by atoms with Crippen molar-refractivity contribution >= 4 is 17.3 Å². The summed E-state index contributed by atoms with van der Waals surface area (Å²) in [6, 6.07) is 9.82. The molecule has 0 unspecified atom stereocenters. The highest BCUT2D eigenvalue weighted by atomic mass is 16.2. The predicted molar refractivity (Wildman–Crippen MR) is 90.7 cm³/mol. The second kappa shape index (κ2) is 7.07. The minimum atomic E-state index is -0.0247. The van der Waals surface area contributed by atoms with E-state index in [9.17, 15) is 4.79 Å². The third-order valence-corrected chi connectivity index (χ3v) is 3.92. The van der Waals surface area contributed by atoms with E-state index in [1.807, 2.05) is 32.0 Å². The van der Waals surface area contributed by atoms with Crippen LogP contribution in [0.4, 0.5) is 11.4 Å². The van der Waals surface area contributed by atoms with Gasteiger partial charge in [-0.3, -0.25) is 4.79 Å². The summed E-state index contributed by atoms with van der Waals surface area (Å²) >= 11 is 0. The van der Waals surface area contributed by atoms with Gasteiger partial charge < -0.3 is 10.2 Å². The Hall–Kier alpha value is -2.36. The molecule has 4 heteroatoms. The highest BCUT2D eigenvalue weighted by Crippen LogP contribution is 2.22. The van der Waals surface area contributed by atoms with Crippen molar-refractivity contribution in [3.63, 3.8) is 0 Å². The first-order chi connectivity index (χ1) is 10.6. The van der Waals surface area contributed by atoms with Gasteiger partial charge in [0.25, 0.3) is 5.91 Å². The van der Waals surface area contributed by atoms with Crippen molar-refractivity contribution in [2.75, 3.05) is 18.4 Å². The summed E-state index contributed by atoms with van der Waals surface area (Å²) in [5.41, 5.74) is 4.88. The largest absolute Gasteiger partial charge is 0.354 e. The van der Waals surface area contributed by atoms with Crippen LogP contribution in [0.5, 0.6) is 0 Å². The second-order valence-electron chi connectivity index (χ2n) is 5.28. The smallest absolute Gasteiger partial charge is 0.272 e. The number of aryl methyl sites for hydroxylation is 1. The van der Waals surface area contributed by atoms with Crippen molar-refractivity contribution in [2.24, 2.45) is 0 Å². The molecule has 116 valence electrons. The molecule has 0 spiro atoms.